The average molecular weight is 567 g/mol. The van der Waals surface area contributed by atoms with Gasteiger partial charge in [0.15, 0.2) is 0 Å². The van der Waals surface area contributed by atoms with Crippen molar-refractivity contribution >= 4 is 81.1 Å². The second-order valence-corrected chi connectivity index (χ2v) is 12.0. The lowest BCUT2D eigenvalue weighted by Gasteiger charge is -2.28. The van der Waals surface area contributed by atoms with Crippen LogP contribution in [0.15, 0.2) is 158 Å². The lowest BCUT2D eigenvalue weighted by Crippen LogP contribution is -2.12. The molecular weight excluding hydrogens is 541 g/mol. The Morgan fingerprint density at radius 1 is 0.465 bits per heavy atom. The zero-order valence-electron chi connectivity index (χ0n) is 23.3. The maximum atomic E-state index is 2.47. The van der Waals surface area contributed by atoms with Gasteiger partial charge in [0.25, 0.3) is 0 Å². The summed E-state index contributed by atoms with van der Waals surface area (Å²) < 4.78 is 5.07. The summed E-state index contributed by atoms with van der Waals surface area (Å²) in [6.07, 6.45) is 0. The minimum atomic E-state index is 1.13. The summed E-state index contributed by atoms with van der Waals surface area (Å²) in [6, 6.07) is 57.1. The van der Waals surface area contributed by atoms with Crippen molar-refractivity contribution in [1.29, 1.82) is 0 Å². The van der Waals surface area contributed by atoms with Crippen LogP contribution in [-0.4, -0.2) is 4.57 Å². The summed E-state index contributed by atoms with van der Waals surface area (Å²) in [7, 11) is 0. The van der Waals surface area contributed by atoms with E-state index >= 15 is 0 Å². The number of nitrogens with zero attached hydrogens (tertiary/aromatic N) is 2. The Morgan fingerprint density at radius 3 is 2.00 bits per heavy atom. The molecule has 43 heavy (non-hydrogen) atoms. The SMILES string of the molecule is c1ccc(N(c2cccc3ccc4c5ccccc5sc4c23)c2cccc3c4ccccc4n(-c4ccccc4)c23)cc1. The monoisotopic (exact) mass is 566 g/mol. The van der Waals surface area contributed by atoms with Crippen molar-refractivity contribution in [2.24, 2.45) is 0 Å². The van der Waals surface area contributed by atoms with Crippen LogP contribution in [0.25, 0.3) is 58.4 Å². The van der Waals surface area contributed by atoms with Gasteiger partial charge >= 0.3 is 0 Å². The molecule has 3 heteroatoms. The van der Waals surface area contributed by atoms with Gasteiger partial charge in [0.05, 0.1) is 22.4 Å². The van der Waals surface area contributed by atoms with Crippen LogP contribution in [0, 0.1) is 0 Å². The molecule has 9 rings (SSSR count). The van der Waals surface area contributed by atoms with Crippen molar-refractivity contribution in [2.75, 3.05) is 4.90 Å². The Hall–Kier alpha value is -5.38. The standard InChI is InChI=1S/C40H26N2S/c1-3-14-28(15-4-1)41(35-22-11-13-27-25-26-33-31-19-8-10-24-37(31)43-40(33)38(27)35)36-23-12-20-32-30-18-7-9-21-34(30)42(39(32)36)29-16-5-2-6-17-29/h1-26H. The number of aromatic nitrogens is 1. The van der Waals surface area contributed by atoms with Gasteiger partial charge in [0.2, 0.25) is 0 Å². The molecule has 2 nitrogen and oxygen atoms in total. The molecule has 0 spiro atoms. The minimum Gasteiger partial charge on any atom is -0.308 e. The highest BCUT2D eigenvalue weighted by atomic mass is 32.1. The topological polar surface area (TPSA) is 8.17 Å². The predicted molar refractivity (Wildman–Crippen MR) is 186 cm³/mol. The first-order valence-corrected chi connectivity index (χ1v) is 15.4. The number of thiophene rings is 1. The van der Waals surface area contributed by atoms with Crippen molar-refractivity contribution in [3.05, 3.63) is 158 Å². The van der Waals surface area contributed by atoms with Gasteiger partial charge in [-0.3, -0.25) is 0 Å². The molecule has 7 aromatic carbocycles. The van der Waals surface area contributed by atoms with E-state index in [0.29, 0.717) is 0 Å². The van der Waals surface area contributed by atoms with Crippen LogP contribution in [0.4, 0.5) is 17.1 Å². The fourth-order valence-corrected chi connectivity index (χ4v) is 8.00. The summed E-state index contributed by atoms with van der Waals surface area (Å²) >= 11 is 1.89. The molecule has 0 bridgehead atoms. The second kappa shape index (κ2) is 9.59. The lowest BCUT2D eigenvalue weighted by molar-refractivity contribution is 1.17. The number of para-hydroxylation sites is 4. The van der Waals surface area contributed by atoms with Gasteiger partial charge in [-0.25, -0.2) is 0 Å². The van der Waals surface area contributed by atoms with Gasteiger partial charge in [0.1, 0.15) is 0 Å². The fraction of sp³-hybridized carbons (Fsp3) is 0. The van der Waals surface area contributed by atoms with Gasteiger partial charge in [-0.2, -0.15) is 0 Å². The second-order valence-electron chi connectivity index (χ2n) is 10.9. The number of fused-ring (bicyclic) bond motifs is 8. The van der Waals surface area contributed by atoms with Crippen LogP contribution in [-0.2, 0) is 0 Å². The summed E-state index contributed by atoms with van der Waals surface area (Å²) in [5, 5.41) is 7.64. The van der Waals surface area contributed by atoms with E-state index in [1.165, 1.54) is 58.4 Å². The molecule has 0 unspecified atom stereocenters. The Morgan fingerprint density at radius 2 is 1.14 bits per heavy atom. The van der Waals surface area contributed by atoms with Crippen molar-refractivity contribution in [1.82, 2.24) is 4.57 Å². The van der Waals surface area contributed by atoms with Gasteiger partial charge < -0.3 is 9.47 Å². The first kappa shape index (κ1) is 24.2. The van der Waals surface area contributed by atoms with E-state index < -0.39 is 0 Å². The highest BCUT2D eigenvalue weighted by Gasteiger charge is 2.23. The number of rotatable bonds is 4. The predicted octanol–water partition coefficient (Wildman–Crippen LogP) is 11.8. The highest BCUT2D eigenvalue weighted by molar-refractivity contribution is 7.26. The molecule has 0 amide bonds. The molecule has 0 atom stereocenters. The molecular formula is C40H26N2S. The van der Waals surface area contributed by atoms with Crippen LogP contribution in [0.1, 0.15) is 0 Å². The first-order valence-electron chi connectivity index (χ1n) is 14.6. The van der Waals surface area contributed by atoms with Crippen LogP contribution in [0.2, 0.25) is 0 Å². The van der Waals surface area contributed by atoms with E-state index in [9.17, 15) is 0 Å². The quantitative estimate of drug-likeness (QED) is 0.206. The third-order valence-electron chi connectivity index (χ3n) is 8.55. The molecule has 2 aromatic heterocycles. The molecule has 202 valence electrons. The molecule has 0 fully saturated rings. The van der Waals surface area contributed by atoms with Crippen molar-refractivity contribution in [3.8, 4) is 5.69 Å². The van der Waals surface area contributed by atoms with E-state index in [1.807, 2.05) is 11.3 Å². The van der Waals surface area contributed by atoms with Crippen molar-refractivity contribution < 1.29 is 0 Å². The number of hydrogen-bond acceptors (Lipinski definition) is 2. The summed E-state index contributed by atoms with van der Waals surface area (Å²) in [6.45, 7) is 0. The van der Waals surface area contributed by atoms with Crippen LogP contribution in [0.5, 0.6) is 0 Å². The largest absolute Gasteiger partial charge is 0.308 e. The molecule has 0 N–H and O–H groups in total. The average Bonchev–Trinajstić information content (AvgIpc) is 3.62. The normalized spacial score (nSPS) is 11.7. The molecule has 2 heterocycles. The maximum absolute atomic E-state index is 2.47. The van der Waals surface area contributed by atoms with Gasteiger partial charge in [0, 0.05) is 47.7 Å². The molecule has 0 radical (unpaired) electrons. The van der Waals surface area contributed by atoms with Gasteiger partial charge in [-0.15, -0.1) is 11.3 Å². The lowest BCUT2D eigenvalue weighted by atomic mass is 10.0. The molecule has 0 saturated heterocycles. The summed E-state index contributed by atoms with van der Waals surface area (Å²) in [5.41, 5.74) is 7.00. The third-order valence-corrected chi connectivity index (χ3v) is 9.75. The van der Waals surface area contributed by atoms with Crippen LogP contribution in [0.3, 0.4) is 0 Å². The van der Waals surface area contributed by atoms with Gasteiger partial charge in [-0.1, -0.05) is 109 Å². The zero-order chi connectivity index (χ0) is 28.3. The van der Waals surface area contributed by atoms with E-state index in [0.717, 1.165) is 17.1 Å². The van der Waals surface area contributed by atoms with Crippen molar-refractivity contribution in [3.63, 3.8) is 0 Å². The maximum Gasteiger partial charge on any atom is 0.0782 e. The Kier molecular flexibility index (Phi) is 5.40. The van der Waals surface area contributed by atoms with Crippen LogP contribution >= 0.6 is 11.3 Å². The smallest absolute Gasteiger partial charge is 0.0782 e. The molecule has 9 aromatic rings. The Balaban J connectivity index is 1.44. The minimum absolute atomic E-state index is 1.13. The first-order chi connectivity index (χ1) is 21.4. The fourth-order valence-electron chi connectivity index (χ4n) is 6.73. The molecule has 0 saturated carbocycles. The molecule has 0 aliphatic carbocycles. The Labute approximate surface area is 253 Å². The van der Waals surface area contributed by atoms with Crippen molar-refractivity contribution in [2.45, 2.75) is 0 Å². The van der Waals surface area contributed by atoms with E-state index in [1.54, 1.807) is 0 Å². The molecule has 0 aliphatic heterocycles. The number of anilines is 3. The van der Waals surface area contributed by atoms with E-state index in [2.05, 4.69) is 167 Å². The number of hydrogen-bond donors (Lipinski definition) is 0. The summed E-state index contributed by atoms with van der Waals surface area (Å²) in [5.74, 6) is 0. The third kappa shape index (κ3) is 3.65. The zero-order valence-corrected chi connectivity index (χ0v) is 24.1. The highest BCUT2D eigenvalue weighted by Crippen LogP contribution is 2.48. The number of benzene rings is 7. The van der Waals surface area contributed by atoms with E-state index in [-0.39, 0.29) is 0 Å². The van der Waals surface area contributed by atoms with Gasteiger partial charge in [-0.05, 0) is 53.9 Å². The Bertz CT molecular complexity index is 2450. The molecule has 0 aliphatic rings. The summed E-state index contributed by atoms with van der Waals surface area (Å²) in [4.78, 5) is 2.47. The van der Waals surface area contributed by atoms with Crippen LogP contribution < -0.4 is 4.90 Å². The van der Waals surface area contributed by atoms with E-state index in [4.69, 9.17) is 0 Å².